The molecule has 2 saturated heterocycles. The number of urea groups is 1. The van der Waals surface area contributed by atoms with E-state index in [1.165, 1.54) is 7.05 Å². The molecule has 2 N–H and O–H groups in total. The predicted octanol–water partition coefficient (Wildman–Crippen LogP) is 1.28. The Hall–Kier alpha value is -2.13. The SMILES string of the molecule is CNS(=O)(=O)Cc1ccccc1CNC(=O)C1CCCN(C(=O)N2CCCC2)C1. The Labute approximate surface area is 172 Å². The third kappa shape index (κ3) is 5.70. The number of carbonyl (C=O) groups excluding carboxylic acids is 2. The van der Waals surface area contributed by atoms with E-state index in [1.807, 2.05) is 17.0 Å². The number of hydrogen-bond acceptors (Lipinski definition) is 4. The second-order valence-corrected chi connectivity index (χ2v) is 9.64. The van der Waals surface area contributed by atoms with Gasteiger partial charge in [-0.25, -0.2) is 17.9 Å². The summed E-state index contributed by atoms with van der Waals surface area (Å²) in [5.41, 5.74) is 1.44. The molecule has 1 atom stereocenters. The van der Waals surface area contributed by atoms with E-state index in [4.69, 9.17) is 0 Å². The minimum Gasteiger partial charge on any atom is -0.352 e. The van der Waals surface area contributed by atoms with Crippen LogP contribution in [0.15, 0.2) is 24.3 Å². The molecule has 3 rings (SSSR count). The molecular formula is C20H30N4O4S. The maximum Gasteiger partial charge on any atom is 0.320 e. The van der Waals surface area contributed by atoms with Crippen molar-refractivity contribution in [2.75, 3.05) is 33.2 Å². The number of hydrogen-bond donors (Lipinski definition) is 2. The molecule has 3 amide bonds. The summed E-state index contributed by atoms with van der Waals surface area (Å²) in [4.78, 5) is 29.0. The first-order valence-electron chi connectivity index (χ1n) is 10.2. The fraction of sp³-hybridized carbons (Fsp3) is 0.600. The molecule has 2 heterocycles. The Morgan fingerprint density at radius 1 is 1.03 bits per heavy atom. The summed E-state index contributed by atoms with van der Waals surface area (Å²) in [5.74, 6) is -0.449. The van der Waals surface area contributed by atoms with Crippen molar-refractivity contribution in [2.24, 2.45) is 5.92 Å². The van der Waals surface area contributed by atoms with Gasteiger partial charge in [-0.15, -0.1) is 0 Å². The molecule has 1 aromatic carbocycles. The number of nitrogens with one attached hydrogen (secondary N) is 2. The second-order valence-electron chi connectivity index (χ2n) is 7.71. The van der Waals surface area contributed by atoms with Gasteiger partial charge in [0.15, 0.2) is 0 Å². The maximum absolute atomic E-state index is 12.7. The molecule has 2 fully saturated rings. The zero-order chi connectivity index (χ0) is 20.9. The summed E-state index contributed by atoms with van der Waals surface area (Å²) in [7, 11) is -2.00. The van der Waals surface area contributed by atoms with Gasteiger partial charge >= 0.3 is 6.03 Å². The van der Waals surface area contributed by atoms with Crippen molar-refractivity contribution in [3.63, 3.8) is 0 Å². The van der Waals surface area contributed by atoms with Crippen LogP contribution in [-0.2, 0) is 27.1 Å². The topological polar surface area (TPSA) is 98.8 Å². The van der Waals surface area contributed by atoms with Crippen LogP contribution in [-0.4, -0.2) is 63.4 Å². The first kappa shape index (κ1) is 21.6. The van der Waals surface area contributed by atoms with E-state index >= 15 is 0 Å². The van der Waals surface area contributed by atoms with Gasteiger partial charge in [-0.2, -0.15) is 0 Å². The molecule has 29 heavy (non-hydrogen) atoms. The number of rotatable bonds is 6. The van der Waals surface area contributed by atoms with Gasteiger partial charge in [-0.3, -0.25) is 4.79 Å². The van der Waals surface area contributed by atoms with Gasteiger partial charge in [-0.05, 0) is 43.9 Å². The van der Waals surface area contributed by atoms with Gasteiger partial charge in [-0.1, -0.05) is 24.3 Å². The minimum absolute atomic E-state index is 0.0441. The largest absolute Gasteiger partial charge is 0.352 e. The standard InChI is InChI=1S/C20H30N4O4S/c1-21-29(27,28)15-18-8-3-2-7-16(18)13-22-19(25)17-9-6-12-24(14-17)20(26)23-10-4-5-11-23/h2-3,7-8,17,21H,4-6,9-15H2,1H3,(H,22,25). The highest BCUT2D eigenvalue weighted by molar-refractivity contribution is 7.88. The van der Waals surface area contributed by atoms with Crippen LogP contribution in [0.25, 0.3) is 0 Å². The van der Waals surface area contributed by atoms with Crippen molar-refractivity contribution in [2.45, 2.75) is 38.0 Å². The Bertz CT molecular complexity index is 837. The smallest absolute Gasteiger partial charge is 0.320 e. The third-order valence-electron chi connectivity index (χ3n) is 5.67. The summed E-state index contributed by atoms with van der Waals surface area (Å²) in [6.45, 7) is 3.02. The maximum atomic E-state index is 12.7. The lowest BCUT2D eigenvalue weighted by molar-refractivity contribution is -0.126. The number of sulfonamides is 1. The molecule has 2 aliphatic heterocycles. The molecule has 160 valence electrons. The molecule has 0 saturated carbocycles. The van der Waals surface area contributed by atoms with Crippen LogP contribution in [0, 0.1) is 5.92 Å². The van der Waals surface area contributed by atoms with Gasteiger partial charge < -0.3 is 15.1 Å². The van der Waals surface area contributed by atoms with Gasteiger partial charge in [0.05, 0.1) is 11.7 Å². The van der Waals surface area contributed by atoms with Crippen molar-refractivity contribution in [3.8, 4) is 0 Å². The summed E-state index contributed by atoms with van der Waals surface area (Å²) in [6, 6.07) is 7.24. The number of amides is 3. The lowest BCUT2D eigenvalue weighted by atomic mass is 9.97. The second kappa shape index (κ2) is 9.58. The minimum atomic E-state index is -3.39. The number of benzene rings is 1. The molecule has 9 heteroatoms. The highest BCUT2D eigenvalue weighted by atomic mass is 32.2. The van der Waals surface area contributed by atoms with Crippen LogP contribution < -0.4 is 10.0 Å². The molecule has 0 spiro atoms. The molecule has 1 aromatic rings. The average molecular weight is 423 g/mol. The van der Waals surface area contributed by atoms with E-state index in [2.05, 4.69) is 10.0 Å². The van der Waals surface area contributed by atoms with Crippen molar-refractivity contribution in [1.82, 2.24) is 19.8 Å². The summed E-state index contributed by atoms with van der Waals surface area (Å²) in [6.07, 6.45) is 3.67. The van der Waals surface area contributed by atoms with Gasteiger partial charge in [0.2, 0.25) is 15.9 Å². The first-order chi connectivity index (χ1) is 13.9. The monoisotopic (exact) mass is 422 g/mol. The molecule has 0 aromatic heterocycles. The summed E-state index contributed by atoms with van der Waals surface area (Å²) >= 11 is 0. The van der Waals surface area contributed by atoms with Gasteiger partial charge in [0.25, 0.3) is 0 Å². The van der Waals surface area contributed by atoms with Crippen LogP contribution in [0.3, 0.4) is 0 Å². The van der Waals surface area contributed by atoms with Crippen molar-refractivity contribution >= 4 is 22.0 Å². The van der Waals surface area contributed by atoms with E-state index in [9.17, 15) is 18.0 Å². The van der Waals surface area contributed by atoms with Gasteiger partial charge in [0, 0.05) is 32.7 Å². The van der Waals surface area contributed by atoms with E-state index in [0.717, 1.165) is 44.3 Å². The number of likely N-dealkylation sites (tertiary alicyclic amines) is 2. The normalized spacial score (nSPS) is 20.0. The van der Waals surface area contributed by atoms with E-state index < -0.39 is 10.0 Å². The molecule has 0 bridgehead atoms. The zero-order valence-corrected chi connectivity index (χ0v) is 17.7. The Morgan fingerprint density at radius 2 is 1.69 bits per heavy atom. The van der Waals surface area contributed by atoms with Crippen molar-refractivity contribution in [1.29, 1.82) is 0 Å². The Balaban J connectivity index is 1.57. The van der Waals surface area contributed by atoms with E-state index in [1.54, 1.807) is 17.0 Å². The van der Waals surface area contributed by atoms with E-state index in [0.29, 0.717) is 18.7 Å². The highest BCUT2D eigenvalue weighted by Crippen LogP contribution is 2.20. The predicted molar refractivity (Wildman–Crippen MR) is 110 cm³/mol. The van der Waals surface area contributed by atoms with Crippen LogP contribution in [0.5, 0.6) is 0 Å². The van der Waals surface area contributed by atoms with Crippen LogP contribution in [0.1, 0.15) is 36.8 Å². The molecule has 0 radical (unpaired) electrons. The molecular weight excluding hydrogens is 392 g/mol. The summed E-state index contributed by atoms with van der Waals surface area (Å²) < 4.78 is 26.1. The third-order valence-corrected chi connectivity index (χ3v) is 6.98. The number of nitrogens with zero attached hydrogens (tertiary/aromatic N) is 2. The molecule has 1 unspecified atom stereocenters. The Kier molecular flexibility index (Phi) is 7.13. The van der Waals surface area contributed by atoms with Crippen LogP contribution in [0.2, 0.25) is 0 Å². The molecule has 8 nitrogen and oxygen atoms in total. The summed E-state index contributed by atoms with van der Waals surface area (Å²) in [5, 5.41) is 2.94. The fourth-order valence-electron chi connectivity index (χ4n) is 3.95. The van der Waals surface area contributed by atoms with Crippen LogP contribution in [0.4, 0.5) is 4.79 Å². The average Bonchev–Trinajstić information content (AvgIpc) is 3.27. The lowest BCUT2D eigenvalue weighted by Crippen LogP contribution is -2.49. The Morgan fingerprint density at radius 3 is 2.38 bits per heavy atom. The molecule has 2 aliphatic rings. The zero-order valence-electron chi connectivity index (χ0n) is 16.9. The van der Waals surface area contributed by atoms with Crippen molar-refractivity contribution in [3.05, 3.63) is 35.4 Å². The van der Waals surface area contributed by atoms with Crippen molar-refractivity contribution < 1.29 is 18.0 Å². The van der Waals surface area contributed by atoms with Crippen LogP contribution >= 0.6 is 0 Å². The highest BCUT2D eigenvalue weighted by Gasteiger charge is 2.31. The fourth-order valence-corrected chi connectivity index (χ4v) is 4.78. The van der Waals surface area contributed by atoms with Gasteiger partial charge in [0.1, 0.15) is 0 Å². The lowest BCUT2D eigenvalue weighted by Gasteiger charge is -2.34. The first-order valence-corrected chi connectivity index (χ1v) is 11.8. The number of carbonyl (C=O) groups is 2. The van der Waals surface area contributed by atoms with E-state index in [-0.39, 0.29) is 30.2 Å². The quantitative estimate of drug-likeness (QED) is 0.721. The number of piperidine rings is 1. The molecule has 0 aliphatic carbocycles.